The molecule has 0 aromatic heterocycles. The Morgan fingerprint density at radius 1 is 1.19 bits per heavy atom. The van der Waals surface area contributed by atoms with E-state index < -0.39 is 4.92 Å². The van der Waals surface area contributed by atoms with Crippen molar-refractivity contribution in [1.82, 2.24) is 10.2 Å². The van der Waals surface area contributed by atoms with Gasteiger partial charge in [-0.2, -0.15) is 0 Å². The van der Waals surface area contributed by atoms with Crippen molar-refractivity contribution in [3.63, 3.8) is 0 Å². The van der Waals surface area contributed by atoms with Gasteiger partial charge >= 0.3 is 0 Å². The Balaban J connectivity index is 2.12. The molecule has 0 aliphatic carbocycles. The number of carbonyl (C=O) groups is 1. The highest BCUT2D eigenvalue weighted by atomic mass is 16.6. The van der Waals surface area contributed by atoms with Crippen molar-refractivity contribution in [2.24, 2.45) is 0 Å². The summed E-state index contributed by atoms with van der Waals surface area (Å²) in [5.41, 5.74) is 3.16. The second kappa shape index (κ2) is 8.58. The van der Waals surface area contributed by atoms with Crippen LogP contribution in [0.1, 0.15) is 40.0 Å². The van der Waals surface area contributed by atoms with Crippen molar-refractivity contribution in [2.45, 2.75) is 26.3 Å². The van der Waals surface area contributed by atoms with Crippen molar-refractivity contribution in [1.29, 1.82) is 0 Å². The summed E-state index contributed by atoms with van der Waals surface area (Å²) in [6.07, 6.45) is 0.982. The molecule has 0 saturated carbocycles. The van der Waals surface area contributed by atoms with E-state index in [9.17, 15) is 14.9 Å². The number of nitro benzene ring substituents is 1. The zero-order chi connectivity index (χ0) is 19.3. The summed E-state index contributed by atoms with van der Waals surface area (Å²) < 4.78 is 0. The number of rotatable bonds is 7. The summed E-state index contributed by atoms with van der Waals surface area (Å²) in [4.78, 5) is 25.1. The lowest BCUT2D eigenvalue weighted by molar-refractivity contribution is -0.385. The summed E-state index contributed by atoms with van der Waals surface area (Å²) in [5.74, 6) is -0.315. The Kier molecular flexibility index (Phi) is 6.46. The topological polar surface area (TPSA) is 75.5 Å². The van der Waals surface area contributed by atoms with Crippen LogP contribution in [0.3, 0.4) is 0 Å². The van der Waals surface area contributed by atoms with Crippen LogP contribution in [0.5, 0.6) is 0 Å². The van der Waals surface area contributed by atoms with Crippen LogP contribution in [0.25, 0.3) is 0 Å². The molecule has 0 heterocycles. The minimum absolute atomic E-state index is 0.0188. The highest BCUT2D eigenvalue weighted by Gasteiger charge is 2.18. The number of carbonyl (C=O) groups excluding carboxylic acids is 1. The van der Waals surface area contributed by atoms with E-state index in [1.807, 2.05) is 19.0 Å². The highest BCUT2D eigenvalue weighted by Crippen LogP contribution is 2.21. The minimum Gasteiger partial charge on any atom is -0.350 e. The van der Waals surface area contributed by atoms with Crippen molar-refractivity contribution in [3.05, 3.63) is 74.8 Å². The van der Waals surface area contributed by atoms with Crippen LogP contribution in [-0.4, -0.2) is 36.4 Å². The number of nitrogens with one attached hydrogen (secondary N) is 1. The average Bonchev–Trinajstić information content (AvgIpc) is 2.62. The van der Waals surface area contributed by atoms with Gasteiger partial charge in [0.25, 0.3) is 11.6 Å². The lowest BCUT2D eigenvalue weighted by Gasteiger charge is -2.25. The maximum atomic E-state index is 12.4. The zero-order valence-corrected chi connectivity index (χ0v) is 15.7. The summed E-state index contributed by atoms with van der Waals surface area (Å²) in [7, 11) is 3.92. The smallest absolute Gasteiger partial charge is 0.273 e. The molecule has 1 atom stereocenters. The fourth-order valence-electron chi connectivity index (χ4n) is 2.81. The molecule has 2 aromatic carbocycles. The largest absolute Gasteiger partial charge is 0.350 e. The molecular formula is C20H25N3O3. The Hall–Kier alpha value is -2.73. The number of hydrogen-bond donors (Lipinski definition) is 1. The fraction of sp³-hybridized carbons (Fsp3) is 0.350. The first-order valence-corrected chi connectivity index (χ1v) is 8.62. The Labute approximate surface area is 154 Å². The van der Waals surface area contributed by atoms with Gasteiger partial charge in [-0.15, -0.1) is 0 Å². The third kappa shape index (κ3) is 4.67. The van der Waals surface area contributed by atoms with Crippen LogP contribution in [0.2, 0.25) is 0 Å². The molecule has 6 heteroatoms. The summed E-state index contributed by atoms with van der Waals surface area (Å²) in [5, 5.41) is 13.9. The lowest BCUT2D eigenvalue weighted by Crippen LogP contribution is -2.34. The molecule has 0 spiro atoms. The molecule has 1 unspecified atom stereocenters. The molecular weight excluding hydrogens is 330 g/mol. The molecule has 0 radical (unpaired) electrons. The van der Waals surface area contributed by atoms with Crippen LogP contribution in [0.15, 0.2) is 42.5 Å². The van der Waals surface area contributed by atoms with E-state index in [1.54, 1.807) is 19.1 Å². The molecule has 6 nitrogen and oxygen atoms in total. The predicted octanol–water partition coefficient (Wildman–Crippen LogP) is 3.50. The van der Waals surface area contributed by atoms with E-state index in [4.69, 9.17) is 0 Å². The van der Waals surface area contributed by atoms with Gasteiger partial charge in [-0.1, -0.05) is 37.3 Å². The maximum absolute atomic E-state index is 12.4. The van der Waals surface area contributed by atoms with Gasteiger partial charge in [0.2, 0.25) is 0 Å². The number of nitro groups is 1. The van der Waals surface area contributed by atoms with Gasteiger partial charge in [0.15, 0.2) is 0 Å². The van der Waals surface area contributed by atoms with Gasteiger partial charge in [0.1, 0.15) is 0 Å². The number of amides is 1. The molecule has 138 valence electrons. The molecule has 0 saturated heterocycles. The van der Waals surface area contributed by atoms with Crippen molar-refractivity contribution in [2.75, 3.05) is 20.6 Å². The second-order valence-electron chi connectivity index (χ2n) is 6.54. The van der Waals surface area contributed by atoms with Gasteiger partial charge < -0.3 is 10.2 Å². The van der Waals surface area contributed by atoms with E-state index in [-0.39, 0.29) is 17.6 Å². The van der Waals surface area contributed by atoms with Gasteiger partial charge in [-0.05, 0) is 44.6 Å². The molecule has 0 aliphatic heterocycles. The number of aryl methyl sites for hydroxylation is 2. The molecule has 2 rings (SSSR count). The van der Waals surface area contributed by atoms with Crippen LogP contribution >= 0.6 is 0 Å². The zero-order valence-electron chi connectivity index (χ0n) is 15.7. The third-order valence-electron chi connectivity index (χ3n) is 4.52. The molecule has 0 fully saturated rings. The van der Waals surface area contributed by atoms with Crippen molar-refractivity contribution >= 4 is 11.6 Å². The van der Waals surface area contributed by atoms with E-state index in [2.05, 4.69) is 36.5 Å². The monoisotopic (exact) mass is 355 g/mol. The van der Waals surface area contributed by atoms with Crippen LogP contribution in [-0.2, 0) is 6.42 Å². The van der Waals surface area contributed by atoms with E-state index >= 15 is 0 Å². The first kappa shape index (κ1) is 19.6. The van der Waals surface area contributed by atoms with E-state index in [0.29, 0.717) is 17.7 Å². The first-order chi connectivity index (χ1) is 12.3. The fourth-order valence-corrected chi connectivity index (χ4v) is 2.81. The summed E-state index contributed by atoms with van der Waals surface area (Å²) >= 11 is 0. The number of nitrogens with zero attached hydrogens (tertiary/aromatic N) is 2. The number of likely N-dealkylation sites (N-methyl/N-ethyl adjacent to an activating group) is 1. The van der Waals surface area contributed by atoms with Gasteiger partial charge in [0.05, 0.1) is 11.0 Å². The van der Waals surface area contributed by atoms with Crippen LogP contribution < -0.4 is 5.32 Å². The molecule has 1 amide bonds. The van der Waals surface area contributed by atoms with Gasteiger partial charge in [0, 0.05) is 23.7 Å². The summed E-state index contributed by atoms with van der Waals surface area (Å²) in [6, 6.07) is 12.9. The SMILES string of the molecule is CCc1ccc(C(CNC(=O)c2ccc(C)c([N+](=O)[O-])c2)N(C)C)cc1. The predicted molar refractivity (Wildman–Crippen MR) is 102 cm³/mol. The maximum Gasteiger partial charge on any atom is 0.273 e. The Morgan fingerprint density at radius 3 is 2.38 bits per heavy atom. The standard InChI is InChI=1S/C20H25N3O3/c1-5-15-7-10-16(11-8-15)19(22(3)4)13-21-20(24)17-9-6-14(2)18(12-17)23(25)26/h6-12,19H,5,13H2,1-4H3,(H,21,24). The number of hydrogen-bond acceptors (Lipinski definition) is 4. The quantitative estimate of drug-likeness (QED) is 0.609. The molecule has 0 bridgehead atoms. The second-order valence-corrected chi connectivity index (χ2v) is 6.54. The lowest BCUT2D eigenvalue weighted by atomic mass is 10.0. The molecule has 26 heavy (non-hydrogen) atoms. The average molecular weight is 355 g/mol. The number of benzene rings is 2. The normalized spacial score (nSPS) is 12.0. The highest BCUT2D eigenvalue weighted by molar-refractivity contribution is 5.95. The van der Waals surface area contributed by atoms with Gasteiger partial charge in [-0.25, -0.2) is 0 Å². The first-order valence-electron chi connectivity index (χ1n) is 8.62. The minimum atomic E-state index is -0.468. The molecule has 1 N–H and O–H groups in total. The Morgan fingerprint density at radius 2 is 1.85 bits per heavy atom. The van der Waals surface area contributed by atoms with Crippen molar-refractivity contribution in [3.8, 4) is 0 Å². The van der Waals surface area contributed by atoms with Crippen LogP contribution in [0, 0.1) is 17.0 Å². The molecule has 2 aromatic rings. The third-order valence-corrected chi connectivity index (χ3v) is 4.52. The Bertz CT molecular complexity index is 785. The van der Waals surface area contributed by atoms with Gasteiger partial charge in [-0.3, -0.25) is 14.9 Å². The van der Waals surface area contributed by atoms with Crippen LogP contribution in [0.4, 0.5) is 5.69 Å². The van der Waals surface area contributed by atoms with E-state index in [1.165, 1.54) is 11.6 Å². The molecule has 0 aliphatic rings. The summed E-state index contributed by atoms with van der Waals surface area (Å²) in [6.45, 7) is 4.18. The van der Waals surface area contributed by atoms with E-state index in [0.717, 1.165) is 12.0 Å². The van der Waals surface area contributed by atoms with Crippen molar-refractivity contribution < 1.29 is 9.72 Å².